The van der Waals surface area contributed by atoms with Crippen molar-refractivity contribution >= 4 is 0 Å². The lowest BCUT2D eigenvalue weighted by Gasteiger charge is -2.21. The van der Waals surface area contributed by atoms with Crippen molar-refractivity contribution in [2.24, 2.45) is 5.73 Å². The second-order valence-electron chi connectivity index (χ2n) is 3.38. The molecule has 13 heavy (non-hydrogen) atoms. The normalized spacial score (nSPS) is 13.6. The molecule has 0 aromatic rings. The van der Waals surface area contributed by atoms with Gasteiger partial charge >= 0.3 is 0 Å². The van der Waals surface area contributed by atoms with E-state index in [1.807, 2.05) is 0 Å². The summed E-state index contributed by atoms with van der Waals surface area (Å²) in [5.74, 6) is 0. The monoisotopic (exact) mass is 188 g/mol. The summed E-state index contributed by atoms with van der Waals surface area (Å²) >= 11 is 0. The highest BCUT2D eigenvalue weighted by Gasteiger charge is 2.04. The van der Waals surface area contributed by atoms with E-state index in [4.69, 9.17) is 10.5 Å². The van der Waals surface area contributed by atoms with Crippen LogP contribution in [0.3, 0.4) is 0 Å². The van der Waals surface area contributed by atoms with Gasteiger partial charge in [0.25, 0.3) is 0 Å². The van der Waals surface area contributed by atoms with Crippen LogP contribution in [0.1, 0.15) is 26.7 Å². The number of nitrogens with zero attached hydrogens (tertiary/aromatic N) is 1. The van der Waals surface area contributed by atoms with Crippen LogP contribution in [0.15, 0.2) is 0 Å². The van der Waals surface area contributed by atoms with Crippen LogP contribution in [0.25, 0.3) is 0 Å². The van der Waals surface area contributed by atoms with Gasteiger partial charge in [0.15, 0.2) is 0 Å². The molecule has 0 amide bonds. The minimum absolute atomic E-state index is 0.358. The minimum Gasteiger partial charge on any atom is -0.383 e. The molecule has 0 bridgehead atoms. The molecule has 0 heterocycles. The van der Waals surface area contributed by atoms with Gasteiger partial charge in [-0.3, -0.25) is 0 Å². The first-order chi connectivity index (χ1) is 6.24. The minimum atomic E-state index is 0.358. The van der Waals surface area contributed by atoms with E-state index in [0.29, 0.717) is 6.04 Å². The smallest absolute Gasteiger partial charge is 0.0589 e. The number of hydrogen-bond acceptors (Lipinski definition) is 3. The van der Waals surface area contributed by atoms with Crippen molar-refractivity contribution in [2.45, 2.75) is 32.7 Å². The molecule has 0 aliphatic carbocycles. The number of nitrogens with two attached hydrogens (primary N) is 1. The van der Waals surface area contributed by atoms with E-state index in [9.17, 15) is 0 Å². The molecule has 0 saturated heterocycles. The topological polar surface area (TPSA) is 38.5 Å². The van der Waals surface area contributed by atoms with Crippen molar-refractivity contribution < 1.29 is 4.74 Å². The highest BCUT2D eigenvalue weighted by atomic mass is 16.5. The molecule has 0 aliphatic heterocycles. The van der Waals surface area contributed by atoms with Gasteiger partial charge in [0.1, 0.15) is 0 Å². The van der Waals surface area contributed by atoms with Crippen molar-refractivity contribution in [3.05, 3.63) is 0 Å². The van der Waals surface area contributed by atoms with E-state index in [-0.39, 0.29) is 0 Å². The predicted octanol–water partition coefficient (Wildman–Crippen LogP) is 1.08. The number of methoxy groups -OCH3 is 1. The molecule has 1 unspecified atom stereocenters. The molecule has 0 saturated carbocycles. The third-order valence-electron chi connectivity index (χ3n) is 2.40. The Morgan fingerprint density at radius 3 is 2.46 bits per heavy atom. The summed E-state index contributed by atoms with van der Waals surface area (Å²) in [4.78, 5) is 2.37. The molecular formula is C10H24N2O. The molecule has 0 rings (SSSR count). The zero-order valence-corrected chi connectivity index (χ0v) is 9.25. The quantitative estimate of drug-likeness (QED) is 0.619. The Morgan fingerprint density at radius 2 is 2.00 bits per heavy atom. The van der Waals surface area contributed by atoms with Crippen molar-refractivity contribution in [1.82, 2.24) is 4.90 Å². The molecule has 0 aliphatic rings. The summed E-state index contributed by atoms with van der Waals surface area (Å²) in [5, 5.41) is 0. The molecule has 2 N–H and O–H groups in total. The molecule has 0 radical (unpaired) electrons. The first-order valence-electron chi connectivity index (χ1n) is 5.21. The Hall–Kier alpha value is -0.120. The first-order valence-corrected chi connectivity index (χ1v) is 5.21. The summed E-state index contributed by atoms with van der Waals surface area (Å²) < 4.78 is 5.03. The van der Waals surface area contributed by atoms with Gasteiger partial charge in [-0.2, -0.15) is 0 Å². The van der Waals surface area contributed by atoms with Crippen molar-refractivity contribution in [1.29, 1.82) is 0 Å². The zero-order chi connectivity index (χ0) is 10.1. The van der Waals surface area contributed by atoms with Gasteiger partial charge < -0.3 is 15.4 Å². The van der Waals surface area contributed by atoms with Gasteiger partial charge in [-0.25, -0.2) is 0 Å². The van der Waals surface area contributed by atoms with Crippen LogP contribution in [0.5, 0.6) is 0 Å². The summed E-state index contributed by atoms with van der Waals surface area (Å²) in [6, 6.07) is 0.358. The van der Waals surface area contributed by atoms with Gasteiger partial charge in [0.05, 0.1) is 6.61 Å². The maximum atomic E-state index is 5.85. The van der Waals surface area contributed by atoms with E-state index in [1.165, 1.54) is 0 Å². The fourth-order valence-corrected chi connectivity index (χ4v) is 1.20. The molecule has 1 atom stereocenters. The Balaban J connectivity index is 3.46. The SMILES string of the molecule is CCC(N)CCN(CC)CCOC. The molecule has 0 fully saturated rings. The number of hydrogen-bond donors (Lipinski definition) is 1. The second-order valence-corrected chi connectivity index (χ2v) is 3.38. The third-order valence-corrected chi connectivity index (χ3v) is 2.40. The number of ether oxygens (including phenoxy) is 1. The van der Waals surface area contributed by atoms with Crippen LogP contribution >= 0.6 is 0 Å². The number of rotatable bonds is 8. The Bertz CT molecular complexity index is 109. The van der Waals surface area contributed by atoms with Crippen molar-refractivity contribution in [3.63, 3.8) is 0 Å². The molecule has 3 heteroatoms. The summed E-state index contributed by atoms with van der Waals surface area (Å²) in [6.45, 7) is 8.32. The Morgan fingerprint density at radius 1 is 1.31 bits per heavy atom. The fraction of sp³-hybridized carbons (Fsp3) is 1.00. The van der Waals surface area contributed by atoms with E-state index < -0.39 is 0 Å². The van der Waals surface area contributed by atoms with Gasteiger partial charge in [-0.05, 0) is 25.9 Å². The molecule has 0 spiro atoms. The highest BCUT2D eigenvalue weighted by Crippen LogP contribution is 1.97. The third kappa shape index (κ3) is 6.99. The predicted molar refractivity (Wildman–Crippen MR) is 56.9 cm³/mol. The average molecular weight is 188 g/mol. The molecule has 3 nitrogen and oxygen atoms in total. The maximum absolute atomic E-state index is 5.85. The first kappa shape index (κ1) is 12.9. The molecule has 0 aromatic carbocycles. The van der Waals surface area contributed by atoms with Crippen LogP contribution < -0.4 is 5.73 Å². The molecule has 80 valence electrons. The standard InChI is InChI=1S/C10H24N2O/c1-4-10(11)6-7-12(5-2)8-9-13-3/h10H,4-9,11H2,1-3H3. The Kier molecular flexibility index (Phi) is 8.40. The average Bonchev–Trinajstić information content (AvgIpc) is 2.17. The van der Waals surface area contributed by atoms with E-state index in [1.54, 1.807) is 7.11 Å². The fourth-order valence-electron chi connectivity index (χ4n) is 1.20. The summed E-state index contributed by atoms with van der Waals surface area (Å²) in [5.41, 5.74) is 5.85. The lowest BCUT2D eigenvalue weighted by molar-refractivity contribution is 0.148. The van der Waals surface area contributed by atoms with Gasteiger partial charge in [-0.15, -0.1) is 0 Å². The number of likely N-dealkylation sites (N-methyl/N-ethyl adjacent to an activating group) is 1. The van der Waals surface area contributed by atoms with Gasteiger partial charge in [0, 0.05) is 19.7 Å². The maximum Gasteiger partial charge on any atom is 0.0589 e. The Labute approximate surface area is 82.2 Å². The van der Waals surface area contributed by atoms with Crippen LogP contribution in [0.2, 0.25) is 0 Å². The highest BCUT2D eigenvalue weighted by molar-refractivity contribution is 4.63. The van der Waals surface area contributed by atoms with Gasteiger partial charge in [0.2, 0.25) is 0 Å². The summed E-state index contributed by atoms with van der Waals surface area (Å²) in [7, 11) is 1.74. The van der Waals surface area contributed by atoms with E-state index >= 15 is 0 Å². The second kappa shape index (κ2) is 8.48. The summed E-state index contributed by atoms with van der Waals surface area (Å²) in [6.07, 6.45) is 2.16. The lowest BCUT2D eigenvalue weighted by Crippen LogP contribution is -2.32. The van der Waals surface area contributed by atoms with Crippen LogP contribution in [-0.2, 0) is 4.74 Å². The zero-order valence-electron chi connectivity index (χ0n) is 9.25. The van der Waals surface area contributed by atoms with E-state index in [0.717, 1.165) is 39.1 Å². The van der Waals surface area contributed by atoms with Crippen molar-refractivity contribution in [2.75, 3.05) is 33.4 Å². The largest absolute Gasteiger partial charge is 0.383 e. The van der Waals surface area contributed by atoms with Crippen LogP contribution in [0, 0.1) is 0 Å². The van der Waals surface area contributed by atoms with Crippen LogP contribution in [0.4, 0.5) is 0 Å². The van der Waals surface area contributed by atoms with Crippen LogP contribution in [-0.4, -0.2) is 44.3 Å². The van der Waals surface area contributed by atoms with Gasteiger partial charge in [-0.1, -0.05) is 13.8 Å². The molecular weight excluding hydrogens is 164 g/mol. The molecule has 0 aromatic heterocycles. The van der Waals surface area contributed by atoms with E-state index in [2.05, 4.69) is 18.7 Å². The van der Waals surface area contributed by atoms with Crippen molar-refractivity contribution in [3.8, 4) is 0 Å². The lowest BCUT2D eigenvalue weighted by atomic mass is 10.1.